The van der Waals surface area contributed by atoms with Gasteiger partial charge in [-0.25, -0.2) is 9.69 Å². The Morgan fingerprint density at radius 1 is 1.00 bits per heavy atom. The molecule has 3 rings (SSSR count). The zero-order valence-electron chi connectivity index (χ0n) is 20.2. The van der Waals surface area contributed by atoms with Crippen molar-refractivity contribution in [3.8, 4) is 0 Å². The van der Waals surface area contributed by atoms with Crippen molar-refractivity contribution in [2.75, 3.05) is 6.54 Å². The lowest BCUT2D eigenvalue weighted by Crippen LogP contribution is -2.53. The lowest BCUT2D eigenvalue weighted by Gasteiger charge is -2.29. The fraction of sp³-hybridized carbons (Fsp3) is 0.444. The lowest BCUT2D eigenvalue weighted by molar-refractivity contribution is -0.138. The first-order valence-corrected chi connectivity index (χ1v) is 12.2. The molecule has 0 radical (unpaired) electrons. The molecule has 1 unspecified atom stereocenters. The third kappa shape index (κ3) is 6.03. The number of hydrogen-bond acceptors (Lipinski definition) is 4. The molecule has 182 valence electrons. The summed E-state index contributed by atoms with van der Waals surface area (Å²) >= 11 is 0. The van der Waals surface area contributed by atoms with Crippen LogP contribution in [0.3, 0.4) is 0 Å². The SMILES string of the molecule is CCC(C)[C@@H](C(=O)NCc1ccccc1)N1C(=O)[C@H](CCCCN)N(Cc2ccccc2)C1=O. The van der Waals surface area contributed by atoms with Gasteiger partial charge in [-0.15, -0.1) is 0 Å². The number of unbranched alkanes of at least 4 members (excludes halogenated alkanes) is 1. The molecule has 2 aromatic carbocycles. The van der Waals surface area contributed by atoms with Crippen LogP contribution in [0.4, 0.5) is 4.79 Å². The molecule has 3 N–H and O–H groups in total. The second kappa shape index (κ2) is 12.3. The van der Waals surface area contributed by atoms with Gasteiger partial charge in [0.15, 0.2) is 0 Å². The molecule has 1 heterocycles. The summed E-state index contributed by atoms with van der Waals surface area (Å²) in [6, 6.07) is 17.4. The Morgan fingerprint density at radius 2 is 1.62 bits per heavy atom. The number of carbonyl (C=O) groups excluding carboxylic acids is 3. The summed E-state index contributed by atoms with van der Waals surface area (Å²) in [4.78, 5) is 43.4. The molecule has 34 heavy (non-hydrogen) atoms. The van der Waals surface area contributed by atoms with Crippen molar-refractivity contribution in [1.29, 1.82) is 0 Å². The molecular formula is C27H36N4O3. The highest BCUT2D eigenvalue weighted by molar-refractivity contribution is 6.07. The number of nitrogens with one attached hydrogen (secondary N) is 1. The van der Waals surface area contributed by atoms with Crippen LogP contribution in [0.25, 0.3) is 0 Å². The molecule has 1 fully saturated rings. The maximum atomic E-state index is 13.6. The first-order chi connectivity index (χ1) is 16.5. The minimum absolute atomic E-state index is 0.176. The van der Waals surface area contributed by atoms with Crippen molar-refractivity contribution in [2.24, 2.45) is 11.7 Å². The summed E-state index contributed by atoms with van der Waals surface area (Å²) in [5, 5.41) is 2.94. The van der Waals surface area contributed by atoms with Gasteiger partial charge in [0.1, 0.15) is 12.1 Å². The van der Waals surface area contributed by atoms with Crippen molar-refractivity contribution < 1.29 is 14.4 Å². The number of urea groups is 1. The molecule has 1 saturated heterocycles. The Hall–Kier alpha value is -3.19. The maximum Gasteiger partial charge on any atom is 0.328 e. The van der Waals surface area contributed by atoms with Crippen LogP contribution in [-0.2, 0) is 22.7 Å². The summed E-state index contributed by atoms with van der Waals surface area (Å²) in [7, 11) is 0. The Balaban J connectivity index is 1.85. The van der Waals surface area contributed by atoms with Crippen molar-refractivity contribution in [3.63, 3.8) is 0 Å². The van der Waals surface area contributed by atoms with Crippen LogP contribution in [0.15, 0.2) is 60.7 Å². The van der Waals surface area contributed by atoms with Gasteiger partial charge in [-0.3, -0.25) is 9.59 Å². The largest absolute Gasteiger partial charge is 0.350 e. The van der Waals surface area contributed by atoms with E-state index in [1.807, 2.05) is 74.5 Å². The monoisotopic (exact) mass is 464 g/mol. The zero-order chi connectivity index (χ0) is 24.5. The first-order valence-electron chi connectivity index (χ1n) is 12.2. The summed E-state index contributed by atoms with van der Waals surface area (Å²) < 4.78 is 0. The third-order valence-corrected chi connectivity index (χ3v) is 6.52. The van der Waals surface area contributed by atoms with Crippen LogP contribution < -0.4 is 11.1 Å². The van der Waals surface area contributed by atoms with Crippen LogP contribution in [0.5, 0.6) is 0 Å². The Bertz CT molecular complexity index is 951. The molecule has 1 aliphatic heterocycles. The minimum Gasteiger partial charge on any atom is -0.350 e. The highest BCUT2D eigenvalue weighted by Crippen LogP contribution is 2.29. The molecule has 0 aliphatic carbocycles. The van der Waals surface area contributed by atoms with Crippen LogP contribution in [0, 0.1) is 5.92 Å². The molecule has 3 atom stereocenters. The van der Waals surface area contributed by atoms with E-state index in [1.54, 1.807) is 4.90 Å². The van der Waals surface area contributed by atoms with Gasteiger partial charge in [0.05, 0.1) is 0 Å². The Labute approximate surface area is 202 Å². The average molecular weight is 465 g/mol. The van der Waals surface area contributed by atoms with Gasteiger partial charge in [0, 0.05) is 13.1 Å². The molecule has 0 spiro atoms. The van der Waals surface area contributed by atoms with E-state index in [4.69, 9.17) is 5.73 Å². The number of hydrogen-bond donors (Lipinski definition) is 2. The average Bonchev–Trinajstić information content (AvgIpc) is 3.08. The normalized spacial score (nSPS) is 17.7. The first kappa shape index (κ1) is 25.4. The van der Waals surface area contributed by atoms with Gasteiger partial charge < -0.3 is 16.0 Å². The maximum absolute atomic E-state index is 13.6. The van der Waals surface area contributed by atoms with E-state index in [-0.39, 0.29) is 17.7 Å². The predicted octanol–water partition coefficient (Wildman–Crippen LogP) is 3.68. The van der Waals surface area contributed by atoms with E-state index >= 15 is 0 Å². The molecule has 1 aliphatic rings. The topological polar surface area (TPSA) is 95.7 Å². The van der Waals surface area contributed by atoms with E-state index in [1.165, 1.54) is 4.90 Å². The lowest BCUT2D eigenvalue weighted by atomic mass is 9.96. The van der Waals surface area contributed by atoms with Gasteiger partial charge in [-0.05, 0) is 42.9 Å². The van der Waals surface area contributed by atoms with E-state index in [0.717, 1.165) is 24.0 Å². The quantitative estimate of drug-likeness (QED) is 0.370. The van der Waals surface area contributed by atoms with Crippen molar-refractivity contribution >= 4 is 17.8 Å². The number of carbonyl (C=O) groups is 3. The molecule has 0 bridgehead atoms. The van der Waals surface area contributed by atoms with Crippen LogP contribution >= 0.6 is 0 Å². The van der Waals surface area contributed by atoms with Crippen LogP contribution in [0.1, 0.15) is 50.7 Å². The third-order valence-electron chi connectivity index (χ3n) is 6.52. The molecular weight excluding hydrogens is 428 g/mol. The molecule has 2 aromatic rings. The zero-order valence-corrected chi connectivity index (χ0v) is 20.2. The summed E-state index contributed by atoms with van der Waals surface area (Å²) in [5.41, 5.74) is 7.57. The number of imide groups is 1. The predicted molar refractivity (Wildman–Crippen MR) is 132 cm³/mol. The summed E-state index contributed by atoms with van der Waals surface area (Å²) in [5.74, 6) is -0.773. The summed E-state index contributed by atoms with van der Waals surface area (Å²) in [6.07, 6.45) is 2.72. The van der Waals surface area contributed by atoms with Gasteiger partial charge >= 0.3 is 6.03 Å². The van der Waals surface area contributed by atoms with Gasteiger partial charge in [0.2, 0.25) is 5.91 Å². The molecule has 0 saturated carbocycles. The summed E-state index contributed by atoms with van der Waals surface area (Å²) in [6.45, 7) is 5.09. The molecule has 7 heteroatoms. The smallest absolute Gasteiger partial charge is 0.328 e. The van der Waals surface area contributed by atoms with Crippen LogP contribution in [0.2, 0.25) is 0 Å². The molecule has 7 nitrogen and oxygen atoms in total. The minimum atomic E-state index is -0.855. The molecule has 0 aromatic heterocycles. The highest BCUT2D eigenvalue weighted by atomic mass is 16.2. The van der Waals surface area contributed by atoms with Crippen molar-refractivity contribution in [1.82, 2.24) is 15.1 Å². The highest BCUT2D eigenvalue weighted by Gasteiger charge is 2.50. The van der Waals surface area contributed by atoms with E-state index in [2.05, 4.69) is 5.32 Å². The fourth-order valence-electron chi connectivity index (χ4n) is 4.38. The Morgan fingerprint density at radius 3 is 2.21 bits per heavy atom. The number of nitrogens with zero attached hydrogens (tertiary/aromatic N) is 2. The second-order valence-electron chi connectivity index (χ2n) is 8.94. The number of rotatable bonds is 12. The van der Waals surface area contributed by atoms with Gasteiger partial charge in [-0.1, -0.05) is 80.9 Å². The molecule has 4 amide bonds. The fourth-order valence-corrected chi connectivity index (χ4v) is 4.38. The second-order valence-corrected chi connectivity index (χ2v) is 8.94. The van der Waals surface area contributed by atoms with Gasteiger partial charge in [-0.2, -0.15) is 0 Å². The number of amides is 4. The van der Waals surface area contributed by atoms with E-state index < -0.39 is 18.1 Å². The van der Waals surface area contributed by atoms with Gasteiger partial charge in [0.25, 0.3) is 5.91 Å². The van der Waals surface area contributed by atoms with E-state index in [0.29, 0.717) is 32.5 Å². The Kier molecular flexibility index (Phi) is 9.22. The number of nitrogens with two attached hydrogens (primary N) is 1. The van der Waals surface area contributed by atoms with Crippen molar-refractivity contribution in [2.45, 2.75) is 64.7 Å². The number of benzene rings is 2. The van der Waals surface area contributed by atoms with Crippen LogP contribution in [-0.4, -0.2) is 46.3 Å². The van der Waals surface area contributed by atoms with E-state index in [9.17, 15) is 14.4 Å². The standard InChI is InChI=1S/C27H36N4O3/c1-3-20(2)24(25(32)29-18-21-12-6-4-7-13-21)31-26(33)23(16-10-11-17-28)30(27(31)34)19-22-14-8-5-9-15-22/h4-9,12-15,20,23-24H,3,10-11,16-19,28H2,1-2H3,(H,29,32)/t20?,23-,24-/m0/s1. The van der Waals surface area contributed by atoms with Crippen molar-refractivity contribution in [3.05, 3.63) is 71.8 Å².